The van der Waals surface area contributed by atoms with Gasteiger partial charge in [0.1, 0.15) is 22.7 Å². The number of nitriles is 2. The van der Waals surface area contributed by atoms with Gasteiger partial charge < -0.3 is 9.73 Å². The van der Waals surface area contributed by atoms with E-state index in [9.17, 15) is 20.1 Å². The van der Waals surface area contributed by atoms with Crippen LogP contribution in [0.25, 0.3) is 22.6 Å². The maximum Gasteiger partial charge on any atom is 0.247 e. The van der Waals surface area contributed by atoms with Gasteiger partial charge in [0.15, 0.2) is 11.2 Å². The number of nitrogens with zero attached hydrogens (tertiary/aromatic N) is 4. The minimum Gasteiger partial charge on any atom is -0.436 e. The molecule has 1 N–H and O–H groups in total. The van der Waals surface area contributed by atoms with Crippen LogP contribution in [0.4, 0.5) is 11.4 Å². The Balaban J connectivity index is 1.36. The Kier molecular flexibility index (Phi) is 6.23. The fraction of sp³-hybridized carbons (Fsp3) is 0.0741. The molecule has 1 aliphatic rings. The Morgan fingerprint density at radius 3 is 2.36 bits per heavy atom. The van der Waals surface area contributed by atoms with Crippen LogP contribution in [0.5, 0.6) is 0 Å². The molecule has 2 heterocycles. The number of anilines is 2. The summed E-state index contributed by atoms with van der Waals surface area (Å²) in [6.07, 6.45) is -0.0551. The monoisotopic (exact) mass is 491 g/mol. The molecule has 0 unspecified atom stereocenters. The van der Waals surface area contributed by atoms with Crippen molar-refractivity contribution in [2.24, 2.45) is 0 Å². The van der Waals surface area contributed by atoms with Crippen molar-refractivity contribution in [3.05, 3.63) is 89.5 Å². The number of carbonyl (C=O) groups is 2. The molecule has 9 heteroatoms. The lowest BCUT2D eigenvalue weighted by Gasteiger charge is -2.16. The lowest BCUT2D eigenvalue weighted by Crippen LogP contribution is -2.31. The quantitative estimate of drug-likeness (QED) is 0.287. The minimum absolute atomic E-state index is 0.0551. The standard InChI is InChI=1S/C27H17N5O3S/c28-15-18(16-29)26(30-19-6-2-1-3-7-19)36-23-14-24(33)32(27(23)34)20-12-10-17(11-13-20)25-31-21-8-4-5-9-22(21)35-25/h1-13,23,30H,14H2/t23-/m0/s1. The lowest BCUT2D eigenvalue weighted by molar-refractivity contribution is -0.121. The molecule has 0 spiro atoms. The normalized spacial score (nSPS) is 14.9. The summed E-state index contributed by atoms with van der Waals surface area (Å²) in [6, 6.07) is 27.0. The number of rotatable bonds is 6. The number of carbonyl (C=O) groups excluding carboxylic acids is 2. The highest BCUT2D eigenvalue weighted by Gasteiger charge is 2.41. The average Bonchev–Trinajstić information content (AvgIpc) is 3.46. The molecule has 2 amide bonds. The first kappa shape index (κ1) is 22.9. The van der Waals surface area contributed by atoms with Crippen LogP contribution in [0.2, 0.25) is 0 Å². The van der Waals surface area contributed by atoms with Crippen LogP contribution in [0.15, 0.2) is 93.9 Å². The highest BCUT2D eigenvalue weighted by Crippen LogP contribution is 2.36. The number of fused-ring (bicyclic) bond motifs is 1. The van der Waals surface area contributed by atoms with E-state index in [0.717, 1.165) is 22.2 Å². The Morgan fingerprint density at radius 1 is 0.972 bits per heavy atom. The summed E-state index contributed by atoms with van der Waals surface area (Å²) >= 11 is 1.00. The fourth-order valence-corrected chi connectivity index (χ4v) is 4.89. The predicted molar refractivity (Wildman–Crippen MR) is 136 cm³/mol. The maximum absolute atomic E-state index is 13.2. The number of nitrogens with one attached hydrogen (secondary N) is 1. The first-order valence-corrected chi connectivity index (χ1v) is 11.8. The van der Waals surface area contributed by atoms with E-state index in [2.05, 4.69) is 10.3 Å². The van der Waals surface area contributed by atoms with Crippen LogP contribution in [-0.2, 0) is 9.59 Å². The molecule has 5 rings (SSSR count). The van der Waals surface area contributed by atoms with Gasteiger partial charge in [-0.05, 0) is 48.5 Å². The first-order chi connectivity index (χ1) is 17.6. The van der Waals surface area contributed by atoms with Gasteiger partial charge in [-0.25, -0.2) is 9.88 Å². The lowest BCUT2D eigenvalue weighted by atomic mass is 10.2. The van der Waals surface area contributed by atoms with Gasteiger partial charge in [-0.2, -0.15) is 10.5 Å². The number of thioether (sulfide) groups is 1. The Morgan fingerprint density at radius 2 is 1.67 bits per heavy atom. The number of hydrogen-bond donors (Lipinski definition) is 1. The largest absolute Gasteiger partial charge is 0.436 e. The van der Waals surface area contributed by atoms with Crippen LogP contribution in [-0.4, -0.2) is 22.0 Å². The fourth-order valence-electron chi connectivity index (χ4n) is 3.79. The molecule has 1 aromatic heterocycles. The topological polar surface area (TPSA) is 123 Å². The zero-order chi connectivity index (χ0) is 25.1. The van der Waals surface area contributed by atoms with Gasteiger partial charge in [0, 0.05) is 17.7 Å². The molecule has 0 aliphatic carbocycles. The summed E-state index contributed by atoms with van der Waals surface area (Å²) in [4.78, 5) is 31.6. The number of amides is 2. The van der Waals surface area contributed by atoms with Gasteiger partial charge in [0.25, 0.3) is 0 Å². The second-order valence-electron chi connectivity index (χ2n) is 7.83. The number of imide groups is 1. The smallest absolute Gasteiger partial charge is 0.247 e. The van der Waals surface area contributed by atoms with Crippen molar-refractivity contribution in [3.8, 4) is 23.6 Å². The third kappa shape index (κ3) is 4.43. The third-order valence-corrected chi connectivity index (χ3v) is 6.71. The van der Waals surface area contributed by atoms with E-state index in [0.29, 0.717) is 28.4 Å². The van der Waals surface area contributed by atoms with Crippen LogP contribution in [0, 0.1) is 22.7 Å². The zero-order valence-electron chi connectivity index (χ0n) is 18.7. The van der Waals surface area contributed by atoms with Gasteiger partial charge in [-0.15, -0.1) is 0 Å². The number of hydrogen-bond acceptors (Lipinski definition) is 8. The van der Waals surface area contributed by atoms with Crippen molar-refractivity contribution in [2.45, 2.75) is 11.7 Å². The molecular weight excluding hydrogens is 474 g/mol. The molecule has 4 aromatic rings. The second kappa shape index (κ2) is 9.79. The average molecular weight is 492 g/mol. The summed E-state index contributed by atoms with van der Waals surface area (Å²) < 4.78 is 5.79. The summed E-state index contributed by atoms with van der Waals surface area (Å²) in [6.45, 7) is 0. The molecular formula is C27H17N5O3S. The van der Waals surface area contributed by atoms with Crippen LogP contribution in [0.1, 0.15) is 6.42 Å². The number of allylic oxidation sites excluding steroid dienone is 1. The van der Waals surface area contributed by atoms with E-state index in [1.54, 1.807) is 48.5 Å². The molecule has 174 valence electrons. The van der Waals surface area contributed by atoms with E-state index in [1.807, 2.05) is 42.5 Å². The van der Waals surface area contributed by atoms with Gasteiger partial charge in [0.05, 0.1) is 10.9 Å². The van der Waals surface area contributed by atoms with E-state index >= 15 is 0 Å². The van der Waals surface area contributed by atoms with E-state index in [4.69, 9.17) is 4.42 Å². The Labute approximate surface area is 210 Å². The van der Waals surface area contributed by atoms with Crippen LogP contribution in [0.3, 0.4) is 0 Å². The molecule has 3 aromatic carbocycles. The molecule has 1 saturated heterocycles. The SMILES string of the molecule is N#CC(C#N)=C(Nc1ccccc1)S[C@H]1CC(=O)N(c2ccc(-c3nc4ccccc4o3)cc2)C1=O. The number of oxazole rings is 1. The molecule has 1 atom stereocenters. The van der Waals surface area contributed by atoms with Crippen molar-refractivity contribution < 1.29 is 14.0 Å². The molecule has 8 nitrogen and oxygen atoms in total. The molecule has 0 saturated carbocycles. The van der Waals surface area contributed by atoms with Crippen molar-refractivity contribution in [2.75, 3.05) is 10.2 Å². The summed E-state index contributed by atoms with van der Waals surface area (Å²) in [5.41, 5.74) is 3.05. The van der Waals surface area contributed by atoms with Crippen molar-refractivity contribution >= 4 is 46.1 Å². The first-order valence-electron chi connectivity index (χ1n) is 10.9. The molecule has 0 radical (unpaired) electrons. The zero-order valence-corrected chi connectivity index (χ0v) is 19.5. The summed E-state index contributed by atoms with van der Waals surface area (Å²) in [5.74, 6) is -0.332. The van der Waals surface area contributed by atoms with Gasteiger partial charge in [0.2, 0.25) is 17.7 Å². The van der Waals surface area contributed by atoms with Crippen molar-refractivity contribution in [3.63, 3.8) is 0 Å². The minimum atomic E-state index is -0.780. The highest BCUT2D eigenvalue weighted by atomic mass is 32.2. The van der Waals surface area contributed by atoms with Crippen molar-refractivity contribution in [1.29, 1.82) is 10.5 Å². The summed E-state index contributed by atoms with van der Waals surface area (Å²) in [5, 5.41) is 21.3. The van der Waals surface area contributed by atoms with Gasteiger partial charge in [-0.3, -0.25) is 9.59 Å². The van der Waals surface area contributed by atoms with Crippen molar-refractivity contribution in [1.82, 2.24) is 4.98 Å². The van der Waals surface area contributed by atoms with Gasteiger partial charge >= 0.3 is 0 Å². The Bertz CT molecular complexity index is 1530. The summed E-state index contributed by atoms with van der Waals surface area (Å²) in [7, 11) is 0. The third-order valence-electron chi connectivity index (χ3n) is 5.51. The van der Waals surface area contributed by atoms with E-state index in [1.165, 1.54) is 0 Å². The molecule has 1 aliphatic heterocycles. The second-order valence-corrected chi connectivity index (χ2v) is 9.04. The Hall–Kier alpha value is -4.86. The number of para-hydroxylation sites is 3. The molecule has 36 heavy (non-hydrogen) atoms. The predicted octanol–water partition coefficient (Wildman–Crippen LogP) is 5.23. The number of benzene rings is 3. The maximum atomic E-state index is 13.2. The van der Waals surface area contributed by atoms with Gasteiger partial charge in [-0.1, -0.05) is 42.1 Å². The molecule has 1 fully saturated rings. The van der Waals surface area contributed by atoms with Crippen LogP contribution >= 0.6 is 11.8 Å². The highest BCUT2D eigenvalue weighted by molar-refractivity contribution is 8.04. The number of aromatic nitrogens is 1. The van der Waals surface area contributed by atoms with E-state index < -0.39 is 11.2 Å². The van der Waals surface area contributed by atoms with Crippen LogP contribution < -0.4 is 10.2 Å². The van der Waals surface area contributed by atoms with E-state index in [-0.39, 0.29) is 22.9 Å². The molecule has 0 bridgehead atoms.